The molecule has 174 valence electrons. The van der Waals surface area contributed by atoms with Gasteiger partial charge in [-0.05, 0) is 50.6 Å². The second kappa shape index (κ2) is 9.00. The summed E-state index contributed by atoms with van der Waals surface area (Å²) in [5.74, 6) is -0.0279. The lowest BCUT2D eigenvalue weighted by molar-refractivity contribution is 0.0415. The summed E-state index contributed by atoms with van der Waals surface area (Å²) in [5.41, 5.74) is 0.616. The van der Waals surface area contributed by atoms with Gasteiger partial charge in [-0.2, -0.15) is 5.26 Å². The lowest BCUT2D eigenvalue weighted by atomic mass is 9.85. The quantitative estimate of drug-likeness (QED) is 0.472. The van der Waals surface area contributed by atoms with Crippen LogP contribution in [-0.4, -0.2) is 18.2 Å². The molecule has 3 aromatic rings. The molecule has 7 heteroatoms. The van der Waals surface area contributed by atoms with Gasteiger partial charge in [-0.3, -0.25) is 0 Å². The maximum Gasteiger partial charge on any atom is 0.407 e. The Labute approximate surface area is 203 Å². The Morgan fingerprint density at radius 2 is 1.88 bits per heavy atom. The third-order valence-corrected chi connectivity index (χ3v) is 5.90. The molecule has 5 nitrogen and oxygen atoms in total. The van der Waals surface area contributed by atoms with Crippen LogP contribution in [0.15, 0.2) is 60.7 Å². The lowest BCUT2D eigenvalue weighted by Gasteiger charge is -2.30. The van der Waals surface area contributed by atoms with Gasteiger partial charge in [0.15, 0.2) is 5.60 Å². The fourth-order valence-electron chi connectivity index (χ4n) is 4.18. The minimum Gasteiger partial charge on any atom is -0.480 e. The van der Waals surface area contributed by atoms with Gasteiger partial charge in [-0.1, -0.05) is 48.0 Å². The number of nitrogens with zero attached hydrogens (tertiary/aromatic N) is 1. The van der Waals surface area contributed by atoms with Crippen LogP contribution in [0.1, 0.15) is 37.5 Å². The molecule has 4 rings (SSSR count). The second-order valence-corrected chi connectivity index (χ2v) is 9.58. The van der Waals surface area contributed by atoms with E-state index in [1.807, 2.05) is 30.3 Å². The number of ether oxygens (including phenoxy) is 2. The van der Waals surface area contributed by atoms with Gasteiger partial charge in [0.25, 0.3) is 0 Å². The molecule has 1 amide bonds. The van der Waals surface area contributed by atoms with Crippen molar-refractivity contribution in [2.24, 2.45) is 0 Å². The van der Waals surface area contributed by atoms with E-state index in [2.05, 4.69) is 11.4 Å². The van der Waals surface area contributed by atoms with E-state index < -0.39 is 23.1 Å². The number of amides is 1. The maximum absolute atomic E-state index is 15.0. The minimum absolute atomic E-state index is 0.111. The highest BCUT2D eigenvalue weighted by molar-refractivity contribution is 6.33. The summed E-state index contributed by atoms with van der Waals surface area (Å²) in [6.45, 7) is 5.48. The van der Waals surface area contributed by atoms with Crippen LogP contribution in [0.5, 0.6) is 5.75 Å². The second-order valence-electron chi connectivity index (χ2n) is 9.17. The van der Waals surface area contributed by atoms with Crippen molar-refractivity contribution in [3.05, 3.63) is 88.2 Å². The number of hydrogen-bond donors (Lipinski definition) is 1. The molecule has 0 aliphatic carbocycles. The standard InChI is InChI=1S/C27H24ClFN2O3/c1-26(2,3)34-25(32)31-16-27(18-9-5-4-6-10-18)14-19-22(33-27)13-12-20(28)24(19)23-17(15-30)8-7-11-21(23)29/h4-13H,14,16H2,1-3H3,(H,31,32)/t27-/m1/s1. The van der Waals surface area contributed by atoms with Crippen LogP contribution < -0.4 is 10.1 Å². The number of halogens is 2. The molecule has 3 aromatic carbocycles. The Kier molecular flexibility index (Phi) is 6.24. The first kappa shape index (κ1) is 23.6. The van der Waals surface area contributed by atoms with E-state index in [1.54, 1.807) is 39.0 Å². The number of fused-ring (bicyclic) bond motifs is 1. The molecule has 34 heavy (non-hydrogen) atoms. The van der Waals surface area contributed by atoms with Gasteiger partial charge in [-0.15, -0.1) is 0 Å². The van der Waals surface area contributed by atoms with Crippen LogP contribution in [-0.2, 0) is 16.8 Å². The van der Waals surface area contributed by atoms with Crippen LogP contribution in [0.3, 0.4) is 0 Å². The fraction of sp³-hybridized carbons (Fsp3) is 0.259. The normalized spacial score (nSPS) is 16.8. The predicted octanol–water partition coefficient (Wildman–Crippen LogP) is 6.37. The average Bonchev–Trinajstić information content (AvgIpc) is 3.18. The molecule has 0 aromatic heterocycles. The van der Waals surface area contributed by atoms with Crippen molar-refractivity contribution in [1.82, 2.24) is 5.32 Å². The zero-order valence-electron chi connectivity index (χ0n) is 19.1. The van der Waals surface area contributed by atoms with Crippen molar-refractivity contribution in [2.75, 3.05) is 6.54 Å². The molecule has 0 saturated carbocycles. The highest BCUT2D eigenvalue weighted by Gasteiger charge is 2.43. The van der Waals surface area contributed by atoms with E-state index in [9.17, 15) is 14.4 Å². The van der Waals surface area contributed by atoms with E-state index in [1.165, 1.54) is 12.1 Å². The molecule has 1 aliphatic rings. The van der Waals surface area contributed by atoms with E-state index in [0.29, 0.717) is 28.3 Å². The molecule has 0 fully saturated rings. The SMILES string of the molecule is CC(C)(C)OC(=O)NC[C@@]1(c2ccccc2)Cc2c(ccc(Cl)c2-c2c(F)cccc2C#N)O1. The van der Waals surface area contributed by atoms with Gasteiger partial charge in [0, 0.05) is 28.1 Å². The molecule has 1 heterocycles. The zero-order chi connectivity index (χ0) is 24.5. The predicted molar refractivity (Wildman–Crippen MR) is 128 cm³/mol. The monoisotopic (exact) mass is 478 g/mol. The van der Waals surface area contributed by atoms with Crippen molar-refractivity contribution in [3.8, 4) is 22.9 Å². The molecule has 0 radical (unpaired) electrons. The molecule has 0 spiro atoms. The number of rotatable bonds is 4. The van der Waals surface area contributed by atoms with Gasteiger partial charge < -0.3 is 14.8 Å². The van der Waals surface area contributed by atoms with Gasteiger partial charge in [-0.25, -0.2) is 9.18 Å². The number of carbonyl (C=O) groups is 1. The molecule has 1 N–H and O–H groups in total. The number of carbonyl (C=O) groups excluding carboxylic acids is 1. The number of hydrogen-bond acceptors (Lipinski definition) is 4. The van der Waals surface area contributed by atoms with Crippen LogP contribution in [0, 0.1) is 17.1 Å². The Morgan fingerprint density at radius 3 is 2.56 bits per heavy atom. The molecule has 0 unspecified atom stereocenters. The largest absolute Gasteiger partial charge is 0.480 e. The fourth-order valence-corrected chi connectivity index (χ4v) is 4.45. The van der Waals surface area contributed by atoms with E-state index in [-0.39, 0.29) is 17.7 Å². The van der Waals surface area contributed by atoms with Crippen LogP contribution in [0.2, 0.25) is 5.02 Å². The summed E-state index contributed by atoms with van der Waals surface area (Å²) >= 11 is 6.56. The topological polar surface area (TPSA) is 71.3 Å². The van der Waals surface area contributed by atoms with Crippen LogP contribution >= 0.6 is 11.6 Å². The van der Waals surface area contributed by atoms with E-state index >= 15 is 0 Å². The van der Waals surface area contributed by atoms with E-state index in [0.717, 1.165) is 5.56 Å². The van der Waals surface area contributed by atoms with Crippen molar-refractivity contribution in [1.29, 1.82) is 5.26 Å². The highest BCUT2D eigenvalue weighted by Crippen LogP contribution is 2.48. The van der Waals surface area contributed by atoms with Crippen molar-refractivity contribution < 1.29 is 18.7 Å². The van der Waals surface area contributed by atoms with Crippen molar-refractivity contribution in [2.45, 2.75) is 38.4 Å². The van der Waals surface area contributed by atoms with Crippen molar-refractivity contribution >= 4 is 17.7 Å². The molecule has 0 saturated heterocycles. The molecular weight excluding hydrogens is 455 g/mol. The number of alkyl carbamates (subject to hydrolysis) is 1. The zero-order valence-corrected chi connectivity index (χ0v) is 19.9. The Morgan fingerprint density at radius 1 is 1.15 bits per heavy atom. The smallest absolute Gasteiger partial charge is 0.407 e. The molecule has 1 aliphatic heterocycles. The van der Waals surface area contributed by atoms with Gasteiger partial charge in [0.05, 0.1) is 18.2 Å². The third-order valence-electron chi connectivity index (χ3n) is 5.59. The minimum atomic E-state index is -0.974. The molecule has 1 atom stereocenters. The number of nitrogens with one attached hydrogen (secondary N) is 1. The Bertz CT molecular complexity index is 1280. The maximum atomic E-state index is 15.0. The Hall–Kier alpha value is -3.56. The van der Waals surface area contributed by atoms with Crippen LogP contribution in [0.4, 0.5) is 9.18 Å². The summed E-state index contributed by atoms with van der Waals surface area (Å²) in [6, 6.07) is 19.2. The Balaban J connectivity index is 1.79. The number of nitriles is 1. The van der Waals surface area contributed by atoms with Crippen LogP contribution in [0.25, 0.3) is 11.1 Å². The summed E-state index contributed by atoms with van der Waals surface area (Å²) in [4.78, 5) is 12.4. The first-order chi connectivity index (χ1) is 16.1. The van der Waals surface area contributed by atoms with E-state index in [4.69, 9.17) is 21.1 Å². The van der Waals surface area contributed by atoms with Gasteiger partial charge in [0.2, 0.25) is 0 Å². The van der Waals surface area contributed by atoms with Gasteiger partial charge in [0.1, 0.15) is 17.2 Å². The third kappa shape index (κ3) is 4.57. The summed E-state index contributed by atoms with van der Waals surface area (Å²) in [7, 11) is 0. The first-order valence-corrected chi connectivity index (χ1v) is 11.2. The molecular formula is C27H24ClFN2O3. The average molecular weight is 479 g/mol. The first-order valence-electron chi connectivity index (χ1n) is 10.9. The van der Waals surface area contributed by atoms with Crippen molar-refractivity contribution in [3.63, 3.8) is 0 Å². The highest BCUT2D eigenvalue weighted by atomic mass is 35.5. The lowest BCUT2D eigenvalue weighted by Crippen LogP contribution is -2.45. The number of benzene rings is 3. The van der Waals surface area contributed by atoms with Gasteiger partial charge >= 0.3 is 6.09 Å². The summed E-state index contributed by atoms with van der Waals surface area (Å²) < 4.78 is 26.8. The summed E-state index contributed by atoms with van der Waals surface area (Å²) in [5, 5.41) is 12.7. The summed E-state index contributed by atoms with van der Waals surface area (Å²) in [6.07, 6.45) is -0.265. The molecule has 0 bridgehead atoms.